The first kappa shape index (κ1) is 14.9. The molecule has 0 aromatic heterocycles. The molecule has 112 valence electrons. The Labute approximate surface area is 138 Å². The van der Waals surface area contributed by atoms with Gasteiger partial charge in [-0.05, 0) is 36.8 Å². The molecular formula is C22H19N. The second kappa shape index (κ2) is 7.33. The standard InChI is InChI=1S/C22H19N/c1-18-11-13-20(14-12-18)17-23-22-10-6-5-9-21(22)16-15-19-7-3-2-4-8-19/h2-14,23H,17H2,1H3. The number of nitrogens with one attached hydrogen (secondary N) is 1. The summed E-state index contributed by atoms with van der Waals surface area (Å²) in [6.45, 7) is 2.90. The molecule has 0 heterocycles. The fourth-order valence-electron chi connectivity index (χ4n) is 2.31. The largest absolute Gasteiger partial charge is 0.380 e. The smallest absolute Gasteiger partial charge is 0.0502 e. The van der Waals surface area contributed by atoms with Crippen LogP contribution in [0, 0.1) is 18.8 Å². The monoisotopic (exact) mass is 297 g/mol. The average molecular weight is 297 g/mol. The van der Waals surface area contributed by atoms with Crippen LogP contribution >= 0.6 is 0 Å². The van der Waals surface area contributed by atoms with Crippen molar-refractivity contribution in [1.29, 1.82) is 0 Å². The van der Waals surface area contributed by atoms with Crippen LogP contribution in [-0.2, 0) is 6.54 Å². The van der Waals surface area contributed by atoms with Crippen LogP contribution in [0.25, 0.3) is 0 Å². The van der Waals surface area contributed by atoms with E-state index in [4.69, 9.17) is 0 Å². The number of anilines is 1. The lowest BCUT2D eigenvalue weighted by Gasteiger charge is -2.09. The molecule has 0 unspecified atom stereocenters. The van der Waals surface area contributed by atoms with Crippen molar-refractivity contribution >= 4 is 5.69 Å². The van der Waals surface area contributed by atoms with Gasteiger partial charge < -0.3 is 5.32 Å². The first-order valence-corrected chi connectivity index (χ1v) is 7.77. The lowest BCUT2D eigenvalue weighted by Crippen LogP contribution is -2.01. The van der Waals surface area contributed by atoms with E-state index in [0.29, 0.717) is 0 Å². The van der Waals surface area contributed by atoms with Gasteiger partial charge in [0, 0.05) is 17.7 Å². The second-order valence-corrected chi connectivity index (χ2v) is 5.50. The van der Waals surface area contributed by atoms with Gasteiger partial charge in [0.2, 0.25) is 0 Å². The van der Waals surface area contributed by atoms with Crippen molar-refractivity contribution in [3.8, 4) is 11.8 Å². The van der Waals surface area contributed by atoms with E-state index in [-0.39, 0.29) is 0 Å². The number of hydrogen-bond donors (Lipinski definition) is 1. The maximum atomic E-state index is 3.48. The topological polar surface area (TPSA) is 12.0 Å². The average Bonchev–Trinajstić information content (AvgIpc) is 2.61. The van der Waals surface area contributed by atoms with Gasteiger partial charge in [-0.3, -0.25) is 0 Å². The van der Waals surface area contributed by atoms with Gasteiger partial charge in [-0.15, -0.1) is 0 Å². The van der Waals surface area contributed by atoms with Crippen LogP contribution in [0.4, 0.5) is 5.69 Å². The van der Waals surface area contributed by atoms with E-state index in [2.05, 4.69) is 54.4 Å². The van der Waals surface area contributed by atoms with Gasteiger partial charge in [0.1, 0.15) is 0 Å². The van der Waals surface area contributed by atoms with Gasteiger partial charge in [0.15, 0.2) is 0 Å². The van der Waals surface area contributed by atoms with Gasteiger partial charge >= 0.3 is 0 Å². The van der Waals surface area contributed by atoms with E-state index in [1.54, 1.807) is 0 Å². The van der Waals surface area contributed by atoms with E-state index in [1.165, 1.54) is 11.1 Å². The Hall–Kier alpha value is -2.98. The predicted molar refractivity (Wildman–Crippen MR) is 97.4 cm³/mol. The van der Waals surface area contributed by atoms with Crippen LogP contribution in [0.5, 0.6) is 0 Å². The second-order valence-electron chi connectivity index (χ2n) is 5.50. The molecule has 0 amide bonds. The van der Waals surface area contributed by atoms with E-state index in [0.717, 1.165) is 23.4 Å². The van der Waals surface area contributed by atoms with Crippen molar-refractivity contribution in [3.05, 3.63) is 101 Å². The Bertz CT molecular complexity index is 821. The molecule has 0 aliphatic carbocycles. The molecule has 0 fully saturated rings. The van der Waals surface area contributed by atoms with Crippen LogP contribution in [0.1, 0.15) is 22.3 Å². The van der Waals surface area contributed by atoms with E-state index in [9.17, 15) is 0 Å². The molecule has 3 rings (SSSR count). The normalized spacial score (nSPS) is 9.78. The zero-order chi connectivity index (χ0) is 15.9. The third-order valence-corrected chi connectivity index (χ3v) is 3.65. The molecule has 1 heteroatoms. The Morgan fingerprint density at radius 1 is 0.739 bits per heavy atom. The molecular weight excluding hydrogens is 278 g/mol. The van der Waals surface area contributed by atoms with E-state index in [1.807, 2.05) is 48.5 Å². The molecule has 0 bridgehead atoms. The van der Waals surface area contributed by atoms with Gasteiger partial charge in [-0.1, -0.05) is 72.0 Å². The summed E-state index contributed by atoms with van der Waals surface area (Å²) in [5.74, 6) is 6.48. The van der Waals surface area contributed by atoms with Crippen molar-refractivity contribution in [3.63, 3.8) is 0 Å². The molecule has 1 nitrogen and oxygen atoms in total. The van der Waals surface area contributed by atoms with Crippen LogP contribution < -0.4 is 5.32 Å². The summed E-state index contributed by atoms with van der Waals surface area (Å²) in [4.78, 5) is 0. The molecule has 0 atom stereocenters. The summed E-state index contributed by atoms with van der Waals surface area (Å²) in [6, 6.07) is 26.8. The molecule has 0 saturated carbocycles. The number of benzene rings is 3. The van der Waals surface area contributed by atoms with Crippen LogP contribution in [0.15, 0.2) is 78.9 Å². The molecule has 0 saturated heterocycles. The van der Waals surface area contributed by atoms with E-state index >= 15 is 0 Å². The molecule has 1 N–H and O–H groups in total. The molecule has 23 heavy (non-hydrogen) atoms. The summed E-state index contributed by atoms with van der Waals surface area (Å²) in [5.41, 5.74) is 5.66. The summed E-state index contributed by atoms with van der Waals surface area (Å²) < 4.78 is 0. The zero-order valence-corrected chi connectivity index (χ0v) is 13.2. The quantitative estimate of drug-likeness (QED) is 0.670. The van der Waals surface area contributed by atoms with Gasteiger partial charge in [-0.2, -0.15) is 0 Å². The maximum Gasteiger partial charge on any atom is 0.0502 e. The highest BCUT2D eigenvalue weighted by Gasteiger charge is 1.99. The summed E-state index contributed by atoms with van der Waals surface area (Å²) >= 11 is 0. The number of para-hydroxylation sites is 1. The fraction of sp³-hybridized carbons (Fsp3) is 0.0909. The number of hydrogen-bond acceptors (Lipinski definition) is 1. The van der Waals surface area contributed by atoms with Crippen LogP contribution in [-0.4, -0.2) is 0 Å². The zero-order valence-electron chi connectivity index (χ0n) is 13.2. The summed E-state index contributed by atoms with van der Waals surface area (Å²) in [5, 5.41) is 3.48. The highest BCUT2D eigenvalue weighted by Crippen LogP contribution is 2.15. The summed E-state index contributed by atoms with van der Waals surface area (Å²) in [6.07, 6.45) is 0. The van der Waals surface area contributed by atoms with E-state index < -0.39 is 0 Å². The maximum absolute atomic E-state index is 3.48. The van der Waals surface area contributed by atoms with Crippen molar-refractivity contribution in [2.45, 2.75) is 13.5 Å². The molecule has 0 aliphatic rings. The third kappa shape index (κ3) is 4.25. The Morgan fingerprint density at radius 3 is 2.22 bits per heavy atom. The highest BCUT2D eigenvalue weighted by atomic mass is 14.9. The third-order valence-electron chi connectivity index (χ3n) is 3.65. The van der Waals surface area contributed by atoms with Gasteiger partial charge in [0.05, 0.1) is 5.69 Å². The Balaban J connectivity index is 1.76. The van der Waals surface area contributed by atoms with Crippen molar-refractivity contribution < 1.29 is 0 Å². The molecule has 3 aromatic carbocycles. The van der Waals surface area contributed by atoms with Gasteiger partial charge in [-0.25, -0.2) is 0 Å². The van der Waals surface area contributed by atoms with Crippen molar-refractivity contribution in [1.82, 2.24) is 0 Å². The fourth-order valence-corrected chi connectivity index (χ4v) is 2.31. The molecule has 0 spiro atoms. The lowest BCUT2D eigenvalue weighted by atomic mass is 10.1. The number of rotatable bonds is 3. The van der Waals surface area contributed by atoms with Crippen molar-refractivity contribution in [2.24, 2.45) is 0 Å². The minimum absolute atomic E-state index is 0.796. The first-order chi connectivity index (χ1) is 11.3. The van der Waals surface area contributed by atoms with Crippen LogP contribution in [0.2, 0.25) is 0 Å². The lowest BCUT2D eigenvalue weighted by molar-refractivity contribution is 1.14. The van der Waals surface area contributed by atoms with Crippen molar-refractivity contribution in [2.75, 3.05) is 5.32 Å². The number of aryl methyl sites for hydroxylation is 1. The Morgan fingerprint density at radius 2 is 1.43 bits per heavy atom. The highest BCUT2D eigenvalue weighted by molar-refractivity contribution is 5.60. The molecule has 0 aliphatic heterocycles. The predicted octanol–water partition coefficient (Wildman–Crippen LogP) is 5.01. The SMILES string of the molecule is Cc1ccc(CNc2ccccc2C#Cc2ccccc2)cc1. The minimum atomic E-state index is 0.796. The summed E-state index contributed by atoms with van der Waals surface area (Å²) in [7, 11) is 0. The van der Waals surface area contributed by atoms with Gasteiger partial charge in [0.25, 0.3) is 0 Å². The minimum Gasteiger partial charge on any atom is -0.380 e. The van der Waals surface area contributed by atoms with Crippen LogP contribution in [0.3, 0.4) is 0 Å². The molecule has 3 aromatic rings. The first-order valence-electron chi connectivity index (χ1n) is 7.77. The molecule has 0 radical (unpaired) electrons. The Kier molecular flexibility index (Phi) is 4.76.